The van der Waals surface area contributed by atoms with Gasteiger partial charge in [-0.3, -0.25) is 9.59 Å². The molecule has 0 unspecified atom stereocenters. The number of furan rings is 1. The molecule has 2 fully saturated rings. The summed E-state index contributed by atoms with van der Waals surface area (Å²) in [5, 5.41) is 29.7. The summed E-state index contributed by atoms with van der Waals surface area (Å²) in [7, 11) is 1.55. The highest BCUT2D eigenvalue weighted by atomic mass is 35.5. The third-order valence-corrected chi connectivity index (χ3v) is 10.3. The minimum Gasteiger partial charge on any atom is -0.493 e. The van der Waals surface area contributed by atoms with E-state index in [-0.39, 0.29) is 30.5 Å². The Labute approximate surface area is 342 Å². The van der Waals surface area contributed by atoms with E-state index in [1.807, 2.05) is 60.7 Å². The second-order valence-corrected chi connectivity index (χ2v) is 15.2. The third kappa shape index (κ3) is 11.8. The maximum absolute atomic E-state index is 12.7. The molecule has 294 valence electrons. The number of halogens is 2. The van der Waals surface area contributed by atoms with Crippen LogP contribution in [0, 0.1) is 23.7 Å². The molecule has 0 aliphatic heterocycles. The van der Waals surface area contributed by atoms with E-state index in [0.717, 1.165) is 42.2 Å². The van der Waals surface area contributed by atoms with Gasteiger partial charge in [0.05, 0.1) is 12.7 Å². The minimum atomic E-state index is -1.14. The standard InChI is InChI=1S/C23H24ClNO4.C23H20ClNO3/c1-28-20-9-2-3-10-21(20)29-16-22(26)25-19-8-5-12-23(27,15-19)13-11-17-6-4-7-18(24)14-17;24-17-6-3-5-16(13-17)10-12-23(27)11-4-7-18(14-23)25-22(26)20-15-28-21-9-2-1-8-19(20)21/h2-4,6-7,9-10,14,19,27H,5,8,12,15-16H2,1H3,(H,25,26);1-3,5-6,8-9,13,15,18,27H,4,7,11,14H2,(H,25,26)/t19-,23+;18-,23+/m00/s1. The van der Waals surface area contributed by atoms with Crippen molar-refractivity contribution < 1.29 is 33.7 Å². The van der Waals surface area contributed by atoms with E-state index in [9.17, 15) is 19.8 Å². The van der Waals surface area contributed by atoms with Gasteiger partial charge < -0.3 is 34.7 Å². The van der Waals surface area contributed by atoms with E-state index in [2.05, 4.69) is 34.3 Å². The molecule has 2 amide bonds. The maximum atomic E-state index is 12.7. The lowest BCUT2D eigenvalue weighted by Gasteiger charge is -2.33. The lowest BCUT2D eigenvalue weighted by atomic mass is 9.82. The van der Waals surface area contributed by atoms with Crippen molar-refractivity contribution >= 4 is 46.0 Å². The lowest BCUT2D eigenvalue weighted by Crippen LogP contribution is -2.46. The van der Waals surface area contributed by atoms with E-state index in [0.29, 0.717) is 58.4 Å². The Hall–Kier alpha value is -5.42. The van der Waals surface area contributed by atoms with Crippen molar-refractivity contribution in [3.8, 4) is 35.2 Å². The van der Waals surface area contributed by atoms with Crippen LogP contribution in [0.4, 0.5) is 0 Å². The Morgan fingerprint density at radius 1 is 0.772 bits per heavy atom. The van der Waals surface area contributed by atoms with Gasteiger partial charge in [-0.15, -0.1) is 0 Å². The molecular formula is C46H44Cl2N2O7. The molecule has 4 N–H and O–H groups in total. The molecule has 7 rings (SSSR count). The molecule has 0 bridgehead atoms. The molecule has 0 radical (unpaired) electrons. The topological polar surface area (TPSA) is 130 Å². The van der Waals surface area contributed by atoms with Crippen LogP contribution in [0.2, 0.25) is 10.0 Å². The second-order valence-electron chi connectivity index (χ2n) is 14.3. The first-order chi connectivity index (χ1) is 27.5. The Kier molecular flexibility index (Phi) is 13.8. The molecule has 0 saturated heterocycles. The second kappa shape index (κ2) is 19.1. The number of ether oxygens (including phenoxy) is 2. The first-order valence-corrected chi connectivity index (χ1v) is 19.6. The maximum Gasteiger partial charge on any atom is 0.258 e. The Morgan fingerprint density at radius 2 is 1.33 bits per heavy atom. The number of hydrogen-bond donors (Lipinski definition) is 4. The van der Waals surface area contributed by atoms with Gasteiger partial charge in [0.1, 0.15) is 23.0 Å². The highest BCUT2D eigenvalue weighted by Gasteiger charge is 2.35. The third-order valence-electron chi connectivity index (χ3n) is 9.84. The van der Waals surface area contributed by atoms with E-state index < -0.39 is 11.2 Å². The highest BCUT2D eigenvalue weighted by Crippen LogP contribution is 2.31. The Morgan fingerprint density at radius 3 is 1.93 bits per heavy atom. The highest BCUT2D eigenvalue weighted by molar-refractivity contribution is 6.31. The van der Waals surface area contributed by atoms with Gasteiger partial charge in [-0.05, 0) is 93.1 Å². The zero-order chi connectivity index (χ0) is 40.3. The van der Waals surface area contributed by atoms with Crippen LogP contribution in [-0.4, -0.2) is 59.0 Å². The quantitative estimate of drug-likeness (QED) is 0.122. The van der Waals surface area contributed by atoms with Crippen molar-refractivity contribution in [2.45, 2.75) is 74.7 Å². The number of rotatable bonds is 7. The number of benzene rings is 4. The summed E-state index contributed by atoms with van der Waals surface area (Å²) < 4.78 is 16.2. The average Bonchev–Trinajstić information content (AvgIpc) is 3.64. The first-order valence-electron chi connectivity index (χ1n) is 18.8. The van der Waals surface area contributed by atoms with Gasteiger partial charge in [0.25, 0.3) is 11.8 Å². The van der Waals surface area contributed by atoms with E-state index in [1.54, 1.807) is 43.5 Å². The van der Waals surface area contributed by atoms with E-state index in [1.165, 1.54) is 6.26 Å². The van der Waals surface area contributed by atoms with Gasteiger partial charge >= 0.3 is 0 Å². The normalized spacial score (nSPS) is 21.3. The molecule has 5 aromatic rings. The van der Waals surface area contributed by atoms with Gasteiger partial charge in [0.15, 0.2) is 18.1 Å². The van der Waals surface area contributed by atoms with Crippen molar-refractivity contribution in [2.75, 3.05) is 13.7 Å². The molecule has 2 aliphatic rings. The van der Waals surface area contributed by atoms with Gasteiger partial charge in [-0.2, -0.15) is 0 Å². The van der Waals surface area contributed by atoms with Crippen LogP contribution >= 0.6 is 23.2 Å². The largest absolute Gasteiger partial charge is 0.493 e. The lowest BCUT2D eigenvalue weighted by molar-refractivity contribution is -0.124. The van der Waals surface area contributed by atoms with Crippen LogP contribution < -0.4 is 20.1 Å². The Balaban J connectivity index is 0.000000193. The van der Waals surface area contributed by atoms with Crippen molar-refractivity contribution in [2.24, 2.45) is 0 Å². The number of amides is 2. The summed E-state index contributed by atoms with van der Waals surface area (Å²) in [5.74, 6) is 12.6. The summed E-state index contributed by atoms with van der Waals surface area (Å²) in [4.78, 5) is 25.0. The fourth-order valence-corrected chi connectivity index (χ4v) is 7.44. The molecule has 2 aliphatic carbocycles. The summed E-state index contributed by atoms with van der Waals surface area (Å²) in [6.45, 7) is -0.122. The fraction of sp³-hybridized carbons (Fsp3) is 0.304. The van der Waals surface area contributed by atoms with Gasteiger partial charge in [0, 0.05) is 51.5 Å². The summed E-state index contributed by atoms with van der Waals surface area (Å²) in [5.41, 5.74) is 0.438. The first kappa shape index (κ1) is 41.2. The van der Waals surface area contributed by atoms with Crippen LogP contribution in [-0.2, 0) is 4.79 Å². The van der Waals surface area contributed by atoms with Crippen LogP contribution in [0.3, 0.4) is 0 Å². The summed E-state index contributed by atoms with van der Waals surface area (Å²) >= 11 is 12.0. The molecule has 1 aromatic heterocycles. The molecule has 4 aromatic carbocycles. The van der Waals surface area contributed by atoms with Crippen molar-refractivity contribution in [1.82, 2.24) is 10.6 Å². The molecule has 1 heterocycles. The van der Waals surface area contributed by atoms with Crippen LogP contribution in [0.15, 0.2) is 108 Å². The SMILES string of the molecule is COc1ccccc1OCC(=O)N[C@H]1CCC[C@@](O)(C#Cc2cccc(Cl)c2)C1.O=C(N[C@H]1CCC[C@@](O)(C#Cc2cccc(Cl)c2)C1)c1coc2ccccc12. The van der Waals surface area contributed by atoms with E-state index in [4.69, 9.17) is 37.1 Å². The molecule has 0 spiro atoms. The number of methoxy groups -OCH3 is 1. The minimum absolute atomic E-state index is 0.122. The number of para-hydroxylation sites is 3. The zero-order valence-electron chi connectivity index (χ0n) is 31.5. The van der Waals surface area contributed by atoms with Crippen LogP contribution in [0.1, 0.15) is 72.9 Å². The zero-order valence-corrected chi connectivity index (χ0v) is 33.0. The summed E-state index contributed by atoms with van der Waals surface area (Å²) in [6, 6.07) is 28.7. The molecular weight excluding hydrogens is 763 g/mol. The van der Waals surface area contributed by atoms with Crippen LogP contribution in [0.25, 0.3) is 11.0 Å². The molecule has 4 atom stereocenters. The number of carbonyl (C=O) groups excluding carboxylic acids is 2. The monoisotopic (exact) mass is 806 g/mol. The number of fused-ring (bicyclic) bond motifs is 1. The number of carbonyl (C=O) groups is 2. The van der Waals surface area contributed by atoms with Gasteiger partial charge in [0.2, 0.25) is 0 Å². The predicted octanol–water partition coefficient (Wildman–Crippen LogP) is 8.11. The molecule has 11 heteroatoms. The number of hydrogen-bond acceptors (Lipinski definition) is 7. The number of aliphatic hydroxyl groups is 2. The van der Waals surface area contributed by atoms with Gasteiger partial charge in [-0.25, -0.2) is 0 Å². The molecule has 9 nitrogen and oxygen atoms in total. The summed E-state index contributed by atoms with van der Waals surface area (Å²) in [6.07, 6.45) is 6.57. The molecule has 2 saturated carbocycles. The number of nitrogens with one attached hydrogen (secondary N) is 2. The van der Waals surface area contributed by atoms with Crippen LogP contribution in [0.5, 0.6) is 11.5 Å². The average molecular weight is 808 g/mol. The van der Waals surface area contributed by atoms with E-state index >= 15 is 0 Å². The Bertz CT molecular complexity index is 2320. The molecule has 57 heavy (non-hydrogen) atoms. The fourth-order valence-electron chi connectivity index (χ4n) is 7.06. The van der Waals surface area contributed by atoms with Crippen molar-refractivity contribution in [1.29, 1.82) is 0 Å². The van der Waals surface area contributed by atoms with Crippen molar-refractivity contribution in [3.63, 3.8) is 0 Å². The predicted molar refractivity (Wildman–Crippen MR) is 221 cm³/mol. The van der Waals surface area contributed by atoms with Gasteiger partial charge in [-0.1, -0.05) is 89.3 Å². The van der Waals surface area contributed by atoms with Crippen molar-refractivity contribution in [3.05, 3.63) is 130 Å². The smallest absolute Gasteiger partial charge is 0.258 e.